The second-order valence-corrected chi connectivity index (χ2v) is 8.16. The van der Waals surface area contributed by atoms with Gasteiger partial charge in [0.1, 0.15) is 5.69 Å². The molecule has 1 aliphatic heterocycles. The van der Waals surface area contributed by atoms with Gasteiger partial charge in [-0.05, 0) is 31.0 Å². The summed E-state index contributed by atoms with van der Waals surface area (Å²) in [7, 11) is 3.66. The Bertz CT molecular complexity index is 1310. The molecule has 8 nitrogen and oxygen atoms in total. The predicted octanol–water partition coefficient (Wildman–Crippen LogP) is 3.83. The van der Waals surface area contributed by atoms with E-state index in [2.05, 4.69) is 20.3 Å². The van der Waals surface area contributed by atoms with Crippen molar-refractivity contribution in [3.8, 4) is 22.7 Å². The molecule has 3 aromatic heterocycles. The number of aromatic nitrogens is 5. The fourth-order valence-corrected chi connectivity index (χ4v) is 4.28. The molecule has 0 spiro atoms. The fraction of sp³-hybridized carbons (Fsp3) is 0.273. The van der Waals surface area contributed by atoms with Gasteiger partial charge in [0.05, 0.1) is 6.04 Å². The lowest BCUT2D eigenvalue weighted by Gasteiger charge is -2.23. The number of nitrogens with zero attached hydrogens (tertiary/aromatic N) is 6. The molecule has 9 heteroatoms. The lowest BCUT2D eigenvalue weighted by atomic mass is 10.1. The zero-order valence-electron chi connectivity index (χ0n) is 17.2. The van der Waals surface area contributed by atoms with Crippen molar-refractivity contribution in [2.45, 2.75) is 18.9 Å². The van der Waals surface area contributed by atoms with E-state index >= 15 is 0 Å². The highest BCUT2D eigenvalue weighted by Crippen LogP contribution is 2.37. The van der Waals surface area contributed by atoms with E-state index in [4.69, 9.17) is 16.1 Å². The summed E-state index contributed by atoms with van der Waals surface area (Å²) in [6.45, 7) is 0.850. The Balaban J connectivity index is 1.46. The SMILES string of the molecule is Cn1c(-c2ccc(=O)n(C)c2)nnc1N1CCC[C@@H]1c1cc(-c2cccc(Cl)c2)on1. The van der Waals surface area contributed by atoms with Crippen molar-refractivity contribution < 1.29 is 4.52 Å². The van der Waals surface area contributed by atoms with Gasteiger partial charge in [0.2, 0.25) is 11.5 Å². The van der Waals surface area contributed by atoms with Crippen LogP contribution < -0.4 is 10.5 Å². The Hall–Kier alpha value is -3.39. The maximum absolute atomic E-state index is 11.7. The van der Waals surface area contributed by atoms with E-state index in [1.807, 2.05) is 41.9 Å². The molecule has 4 heterocycles. The van der Waals surface area contributed by atoms with E-state index in [1.54, 1.807) is 19.3 Å². The first-order valence-electron chi connectivity index (χ1n) is 10.1. The maximum atomic E-state index is 11.7. The lowest BCUT2D eigenvalue weighted by molar-refractivity contribution is 0.416. The van der Waals surface area contributed by atoms with Gasteiger partial charge in [0, 0.05) is 55.1 Å². The predicted molar refractivity (Wildman–Crippen MR) is 118 cm³/mol. The topological polar surface area (TPSA) is 82.0 Å². The minimum atomic E-state index is -0.0627. The van der Waals surface area contributed by atoms with Crippen LogP contribution >= 0.6 is 11.6 Å². The average molecular weight is 437 g/mol. The molecule has 1 aliphatic rings. The van der Waals surface area contributed by atoms with E-state index in [1.165, 1.54) is 10.6 Å². The molecule has 0 aliphatic carbocycles. The number of pyridine rings is 1. The minimum Gasteiger partial charge on any atom is -0.356 e. The van der Waals surface area contributed by atoms with Crippen LogP contribution in [0.2, 0.25) is 5.02 Å². The van der Waals surface area contributed by atoms with Crippen LogP contribution in [0, 0.1) is 0 Å². The van der Waals surface area contributed by atoms with E-state index in [0.717, 1.165) is 42.2 Å². The minimum absolute atomic E-state index is 0.0487. The molecular formula is C22H21ClN6O2. The molecule has 0 unspecified atom stereocenters. The number of rotatable bonds is 4. The van der Waals surface area contributed by atoms with Gasteiger partial charge in [0.25, 0.3) is 0 Å². The monoisotopic (exact) mass is 436 g/mol. The van der Waals surface area contributed by atoms with Crippen LogP contribution in [0.15, 0.2) is 58.0 Å². The summed E-state index contributed by atoms with van der Waals surface area (Å²) in [6, 6.07) is 12.9. The number of benzene rings is 1. The lowest BCUT2D eigenvalue weighted by Crippen LogP contribution is -2.25. The normalized spacial score (nSPS) is 16.2. The second-order valence-electron chi connectivity index (χ2n) is 7.73. The Morgan fingerprint density at radius 1 is 1.10 bits per heavy atom. The summed E-state index contributed by atoms with van der Waals surface area (Å²) >= 11 is 6.11. The largest absolute Gasteiger partial charge is 0.356 e. The first kappa shape index (κ1) is 19.6. The highest BCUT2D eigenvalue weighted by Gasteiger charge is 2.32. The van der Waals surface area contributed by atoms with Crippen LogP contribution in [0.25, 0.3) is 22.7 Å². The van der Waals surface area contributed by atoms with Gasteiger partial charge in [-0.3, -0.25) is 9.36 Å². The molecule has 0 N–H and O–H groups in total. The quantitative estimate of drug-likeness (QED) is 0.483. The molecule has 1 saturated heterocycles. The maximum Gasteiger partial charge on any atom is 0.250 e. The molecule has 0 saturated carbocycles. The van der Waals surface area contributed by atoms with Crippen LogP contribution in [0.4, 0.5) is 5.95 Å². The molecule has 0 radical (unpaired) electrons. The first-order chi connectivity index (χ1) is 15.0. The van der Waals surface area contributed by atoms with Crippen LogP contribution in [0.5, 0.6) is 0 Å². The molecule has 1 atom stereocenters. The Morgan fingerprint density at radius 2 is 1.97 bits per heavy atom. The summed E-state index contributed by atoms with van der Waals surface area (Å²) in [5.74, 6) is 2.16. The molecule has 1 aromatic carbocycles. The van der Waals surface area contributed by atoms with Crippen LogP contribution in [0.3, 0.4) is 0 Å². The number of halogens is 1. The van der Waals surface area contributed by atoms with Crippen LogP contribution in [-0.2, 0) is 14.1 Å². The van der Waals surface area contributed by atoms with Gasteiger partial charge in [-0.2, -0.15) is 0 Å². The molecular weight excluding hydrogens is 416 g/mol. The van der Waals surface area contributed by atoms with Gasteiger partial charge in [-0.25, -0.2) is 0 Å². The molecule has 4 aromatic rings. The van der Waals surface area contributed by atoms with Crippen molar-refractivity contribution in [3.05, 3.63) is 69.7 Å². The summed E-state index contributed by atoms with van der Waals surface area (Å²) in [5.41, 5.74) is 2.53. The van der Waals surface area contributed by atoms with Gasteiger partial charge in [0.15, 0.2) is 11.6 Å². The van der Waals surface area contributed by atoms with Crippen molar-refractivity contribution in [3.63, 3.8) is 0 Å². The van der Waals surface area contributed by atoms with E-state index in [9.17, 15) is 4.79 Å². The third kappa shape index (κ3) is 3.53. The third-order valence-electron chi connectivity index (χ3n) is 5.68. The molecule has 1 fully saturated rings. The Morgan fingerprint density at radius 3 is 2.77 bits per heavy atom. The van der Waals surface area contributed by atoms with Crippen molar-refractivity contribution in [2.24, 2.45) is 14.1 Å². The Kier molecular flexibility index (Phi) is 4.86. The number of hydrogen-bond donors (Lipinski definition) is 0. The standard InChI is InChI=1S/C22H21ClN6O2/c1-27-13-15(8-9-20(27)30)21-24-25-22(28(21)2)29-10-4-7-18(29)17-12-19(31-26-17)14-5-3-6-16(23)11-14/h3,5-6,8-9,11-13,18H,4,7,10H2,1-2H3/t18-/m1/s1. The van der Waals surface area contributed by atoms with Crippen LogP contribution in [-0.4, -0.2) is 31.0 Å². The number of aryl methyl sites for hydroxylation is 1. The molecule has 0 amide bonds. The highest BCUT2D eigenvalue weighted by atomic mass is 35.5. The average Bonchev–Trinajstić information content (AvgIpc) is 3.49. The van der Waals surface area contributed by atoms with Gasteiger partial charge in [-0.15, -0.1) is 10.2 Å². The number of anilines is 1. The zero-order valence-corrected chi connectivity index (χ0v) is 18.0. The van der Waals surface area contributed by atoms with Crippen molar-refractivity contribution in [1.82, 2.24) is 24.5 Å². The Labute approximate surface area is 183 Å². The smallest absolute Gasteiger partial charge is 0.250 e. The summed E-state index contributed by atoms with van der Waals surface area (Å²) in [5, 5.41) is 13.8. The molecule has 5 rings (SSSR count). The van der Waals surface area contributed by atoms with E-state index in [-0.39, 0.29) is 11.6 Å². The molecule has 158 valence electrons. The van der Waals surface area contributed by atoms with Crippen molar-refractivity contribution in [1.29, 1.82) is 0 Å². The van der Waals surface area contributed by atoms with Gasteiger partial charge >= 0.3 is 0 Å². The van der Waals surface area contributed by atoms with Crippen molar-refractivity contribution in [2.75, 3.05) is 11.4 Å². The first-order valence-corrected chi connectivity index (χ1v) is 10.4. The van der Waals surface area contributed by atoms with Crippen LogP contribution in [0.1, 0.15) is 24.6 Å². The molecule has 0 bridgehead atoms. The summed E-state index contributed by atoms with van der Waals surface area (Å²) in [6.07, 6.45) is 3.74. The van der Waals surface area contributed by atoms with E-state index in [0.29, 0.717) is 16.6 Å². The van der Waals surface area contributed by atoms with Crippen molar-refractivity contribution >= 4 is 17.5 Å². The summed E-state index contributed by atoms with van der Waals surface area (Å²) < 4.78 is 9.11. The fourth-order valence-electron chi connectivity index (χ4n) is 4.09. The number of hydrogen-bond acceptors (Lipinski definition) is 6. The molecule has 31 heavy (non-hydrogen) atoms. The van der Waals surface area contributed by atoms with Gasteiger partial charge in [-0.1, -0.05) is 28.9 Å². The summed E-state index contributed by atoms with van der Waals surface area (Å²) in [4.78, 5) is 13.9. The highest BCUT2D eigenvalue weighted by molar-refractivity contribution is 6.30. The van der Waals surface area contributed by atoms with E-state index < -0.39 is 0 Å². The zero-order chi connectivity index (χ0) is 21.5. The third-order valence-corrected chi connectivity index (χ3v) is 5.92. The second kappa shape index (κ2) is 7.70. The van der Waals surface area contributed by atoms with Gasteiger partial charge < -0.3 is 14.0 Å².